The van der Waals surface area contributed by atoms with E-state index >= 15 is 0 Å². The van der Waals surface area contributed by atoms with Crippen molar-refractivity contribution in [3.8, 4) is 0 Å². The maximum atomic E-state index is 11.6. The van der Waals surface area contributed by atoms with Crippen molar-refractivity contribution in [3.63, 3.8) is 0 Å². The lowest BCUT2D eigenvalue weighted by atomic mass is 9.75. The standard InChI is InChI=1S/C17H27N3O4/c1-13(21)20-8-5-17(6-9-20,7-12-22-2)16-18-15(24-19-16)14-3-10-23-11-4-14/h14H,3-12H2,1-2H3. The Morgan fingerprint density at radius 1 is 1.33 bits per heavy atom. The van der Waals surface area contributed by atoms with E-state index < -0.39 is 0 Å². The highest BCUT2D eigenvalue weighted by Gasteiger charge is 2.41. The molecule has 0 bridgehead atoms. The predicted molar refractivity (Wildman–Crippen MR) is 86.8 cm³/mol. The predicted octanol–water partition coefficient (Wildman–Crippen LogP) is 1.88. The van der Waals surface area contributed by atoms with Gasteiger partial charge in [0.05, 0.1) is 0 Å². The molecule has 0 aromatic carbocycles. The zero-order valence-corrected chi connectivity index (χ0v) is 14.6. The van der Waals surface area contributed by atoms with Gasteiger partial charge in [-0.1, -0.05) is 5.16 Å². The molecule has 1 amide bonds. The molecule has 2 aliphatic heterocycles. The summed E-state index contributed by atoms with van der Waals surface area (Å²) in [5.41, 5.74) is -0.158. The van der Waals surface area contributed by atoms with Gasteiger partial charge in [0.2, 0.25) is 11.8 Å². The van der Waals surface area contributed by atoms with Gasteiger partial charge in [0.25, 0.3) is 0 Å². The van der Waals surface area contributed by atoms with E-state index in [1.807, 2.05) is 4.90 Å². The number of hydrogen-bond acceptors (Lipinski definition) is 6. The third-order valence-electron chi connectivity index (χ3n) is 5.44. The maximum absolute atomic E-state index is 11.6. The summed E-state index contributed by atoms with van der Waals surface area (Å²) in [6.45, 7) is 5.26. The average Bonchev–Trinajstić information content (AvgIpc) is 3.12. The Balaban J connectivity index is 1.76. The first-order valence-electron chi connectivity index (χ1n) is 8.81. The second-order valence-corrected chi connectivity index (χ2v) is 6.87. The van der Waals surface area contributed by atoms with Crippen molar-refractivity contribution in [2.45, 2.75) is 50.4 Å². The molecule has 24 heavy (non-hydrogen) atoms. The molecular formula is C17H27N3O4. The van der Waals surface area contributed by atoms with Crippen LogP contribution >= 0.6 is 0 Å². The van der Waals surface area contributed by atoms with E-state index in [-0.39, 0.29) is 11.3 Å². The third-order valence-corrected chi connectivity index (χ3v) is 5.44. The van der Waals surface area contributed by atoms with Crippen LogP contribution < -0.4 is 0 Å². The number of piperidine rings is 1. The highest BCUT2D eigenvalue weighted by molar-refractivity contribution is 5.73. The van der Waals surface area contributed by atoms with E-state index in [2.05, 4.69) is 5.16 Å². The molecular weight excluding hydrogens is 310 g/mol. The van der Waals surface area contributed by atoms with Crippen LogP contribution in [0, 0.1) is 0 Å². The monoisotopic (exact) mass is 337 g/mol. The fraction of sp³-hybridized carbons (Fsp3) is 0.824. The van der Waals surface area contributed by atoms with E-state index in [0.717, 1.165) is 70.1 Å². The molecule has 1 aromatic heterocycles. The molecule has 3 heterocycles. The summed E-state index contributed by atoms with van der Waals surface area (Å²) in [5.74, 6) is 1.95. The van der Waals surface area contributed by atoms with Crippen molar-refractivity contribution in [2.75, 3.05) is 40.0 Å². The smallest absolute Gasteiger partial charge is 0.229 e. The summed E-state index contributed by atoms with van der Waals surface area (Å²) in [7, 11) is 1.71. The highest BCUT2D eigenvalue weighted by atomic mass is 16.5. The molecule has 2 aliphatic rings. The Hall–Kier alpha value is -1.47. The third kappa shape index (κ3) is 3.62. The minimum absolute atomic E-state index is 0.131. The average molecular weight is 337 g/mol. The zero-order chi connectivity index (χ0) is 17.0. The molecule has 134 valence electrons. The van der Waals surface area contributed by atoms with Crippen molar-refractivity contribution in [1.29, 1.82) is 0 Å². The van der Waals surface area contributed by atoms with Crippen molar-refractivity contribution in [1.82, 2.24) is 15.0 Å². The number of hydrogen-bond donors (Lipinski definition) is 0. The molecule has 1 aromatic rings. The van der Waals surface area contributed by atoms with Gasteiger partial charge >= 0.3 is 0 Å². The van der Waals surface area contributed by atoms with Gasteiger partial charge in [-0.2, -0.15) is 4.98 Å². The molecule has 2 fully saturated rings. The molecule has 0 aliphatic carbocycles. The lowest BCUT2D eigenvalue weighted by Crippen LogP contribution is -2.45. The van der Waals surface area contributed by atoms with Crippen molar-refractivity contribution >= 4 is 5.91 Å². The van der Waals surface area contributed by atoms with Crippen molar-refractivity contribution in [3.05, 3.63) is 11.7 Å². The van der Waals surface area contributed by atoms with E-state index in [9.17, 15) is 4.79 Å². The Kier molecular flexibility index (Phi) is 5.50. The second kappa shape index (κ2) is 7.61. The topological polar surface area (TPSA) is 77.7 Å². The number of aromatic nitrogens is 2. The Labute approximate surface area is 142 Å². The quantitative estimate of drug-likeness (QED) is 0.816. The highest BCUT2D eigenvalue weighted by Crippen LogP contribution is 2.38. The molecule has 0 saturated carbocycles. The van der Waals surface area contributed by atoms with Crippen LogP contribution in [0.5, 0.6) is 0 Å². The lowest BCUT2D eigenvalue weighted by molar-refractivity contribution is -0.130. The summed E-state index contributed by atoms with van der Waals surface area (Å²) in [6, 6.07) is 0. The van der Waals surface area contributed by atoms with Gasteiger partial charge in [-0.15, -0.1) is 0 Å². The molecule has 0 unspecified atom stereocenters. The van der Waals surface area contributed by atoms with Gasteiger partial charge in [0, 0.05) is 58.3 Å². The van der Waals surface area contributed by atoms with Gasteiger partial charge in [0.15, 0.2) is 5.82 Å². The van der Waals surface area contributed by atoms with Crippen LogP contribution in [0.2, 0.25) is 0 Å². The van der Waals surface area contributed by atoms with Crippen LogP contribution in [0.15, 0.2) is 4.52 Å². The van der Waals surface area contributed by atoms with Gasteiger partial charge in [-0.05, 0) is 32.1 Å². The fourth-order valence-electron chi connectivity index (χ4n) is 3.69. The number of ether oxygens (including phenoxy) is 2. The minimum atomic E-state index is -0.158. The first kappa shape index (κ1) is 17.4. The van der Waals surface area contributed by atoms with Crippen LogP contribution in [0.3, 0.4) is 0 Å². The van der Waals surface area contributed by atoms with E-state index in [1.165, 1.54) is 0 Å². The Morgan fingerprint density at radius 3 is 2.67 bits per heavy atom. The minimum Gasteiger partial charge on any atom is -0.385 e. The number of methoxy groups -OCH3 is 1. The molecule has 2 saturated heterocycles. The van der Waals surface area contributed by atoms with E-state index in [4.69, 9.17) is 19.0 Å². The van der Waals surface area contributed by atoms with Gasteiger partial charge in [-0.25, -0.2) is 0 Å². The van der Waals surface area contributed by atoms with Gasteiger partial charge in [-0.3, -0.25) is 4.79 Å². The SMILES string of the molecule is COCCC1(c2noc(C3CCOCC3)n2)CCN(C(C)=O)CC1. The molecule has 0 atom stereocenters. The Morgan fingerprint density at radius 2 is 2.04 bits per heavy atom. The first-order chi connectivity index (χ1) is 11.6. The molecule has 0 N–H and O–H groups in total. The summed E-state index contributed by atoms with van der Waals surface area (Å²) in [6.07, 6.45) is 4.42. The number of nitrogens with zero attached hydrogens (tertiary/aromatic N) is 3. The lowest BCUT2D eigenvalue weighted by Gasteiger charge is -2.39. The fourth-order valence-corrected chi connectivity index (χ4v) is 3.69. The Bertz CT molecular complexity index is 546. The summed E-state index contributed by atoms with van der Waals surface area (Å²) < 4.78 is 16.3. The van der Waals surface area contributed by atoms with Crippen LogP contribution in [-0.4, -0.2) is 61.0 Å². The summed E-state index contributed by atoms with van der Waals surface area (Å²) in [4.78, 5) is 18.3. The van der Waals surface area contributed by atoms with Crippen LogP contribution in [0.1, 0.15) is 56.7 Å². The summed E-state index contributed by atoms with van der Waals surface area (Å²) >= 11 is 0. The van der Waals surface area contributed by atoms with Crippen LogP contribution in [-0.2, 0) is 19.7 Å². The van der Waals surface area contributed by atoms with E-state index in [1.54, 1.807) is 14.0 Å². The summed E-state index contributed by atoms with van der Waals surface area (Å²) in [5, 5.41) is 4.32. The largest absolute Gasteiger partial charge is 0.385 e. The molecule has 7 heteroatoms. The van der Waals surface area contributed by atoms with E-state index in [0.29, 0.717) is 12.5 Å². The molecule has 3 rings (SSSR count). The number of likely N-dealkylation sites (tertiary alicyclic amines) is 1. The van der Waals surface area contributed by atoms with Gasteiger partial charge < -0.3 is 18.9 Å². The van der Waals surface area contributed by atoms with Crippen molar-refractivity contribution in [2.24, 2.45) is 0 Å². The van der Waals surface area contributed by atoms with Crippen LogP contribution in [0.4, 0.5) is 0 Å². The van der Waals surface area contributed by atoms with Gasteiger partial charge in [0.1, 0.15) is 0 Å². The number of carbonyl (C=O) groups excluding carboxylic acids is 1. The van der Waals surface area contributed by atoms with Crippen molar-refractivity contribution < 1.29 is 18.8 Å². The maximum Gasteiger partial charge on any atom is 0.229 e. The molecule has 0 spiro atoms. The molecule has 7 nitrogen and oxygen atoms in total. The molecule has 0 radical (unpaired) electrons. The number of amides is 1. The van der Waals surface area contributed by atoms with Crippen LogP contribution in [0.25, 0.3) is 0 Å². The first-order valence-corrected chi connectivity index (χ1v) is 8.81. The number of carbonyl (C=O) groups is 1. The normalized spacial score (nSPS) is 21.8. The second-order valence-electron chi connectivity index (χ2n) is 6.87. The zero-order valence-electron chi connectivity index (χ0n) is 14.6. The number of rotatable bonds is 5.